The van der Waals surface area contributed by atoms with E-state index >= 15 is 0 Å². The summed E-state index contributed by atoms with van der Waals surface area (Å²) in [6, 6.07) is -0.116. The number of hydrogen-bond donors (Lipinski definition) is 1. The van der Waals surface area contributed by atoms with Gasteiger partial charge in [-0.05, 0) is 37.0 Å². The molecule has 0 saturated heterocycles. The van der Waals surface area contributed by atoms with Crippen molar-refractivity contribution in [1.82, 2.24) is 10.1 Å². The zero-order valence-corrected chi connectivity index (χ0v) is 11.3. The van der Waals surface area contributed by atoms with E-state index in [9.17, 15) is 0 Å². The van der Waals surface area contributed by atoms with Crippen LogP contribution in [0.2, 0.25) is 0 Å². The molecule has 0 aromatic carbocycles. The molecule has 0 amide bonds. The molecule has 18 heavy (non-hydrogen) atoms. The first-order valence-corrected chi connectivity index (χ1v) is 7.28. The maximum absolute atomic E-state index is 6.14. The lowest BCUT2D eigenvalue weighted by molar-refractivity contribution is 0.306. The fraction of sp³-hybridized carbons (Fsp3) is 0.857. The van der Waals surface area contributed by atoms with Crippen molar-refractivity contribution in [2.24, 2.45) is 23.5 Å². The number of nitrogens with zero attached hydrogens (tertiary/aromatic N) is 2. The van der Waals surface area contributed by atoms with Gasteiger partial charge < -0.3 is 10.3 Å². The van der Waals surface area contributed by atoms with Crippen LogP contribution in [0.5, 0.6) is 0 Å². The summed E-state index contributed by atoms with van der Waals surface area (Å²) in [7, 11) is 0. The molecule has 5 unspecified atom stereocenters. The van der Waals surface area contributed by atoms with Crippen molar-refractivity contribution in [3.63, 3.8) is 0 Å². The molecule has 2 bridgehead atoms. The zero-order chi connectivity index (χ0) is 12.7. The van der Waals surface area contributed by atoms with Crippen LogP contribution < -0.4 is 5.73 Å². The molecule has 4 nitrogen and oxygen atoms in total. The molecule has 2 saturated carbocycles. The normalized spacial score (nSPS) is 33.8. The van der Waals surface area contributed by atoms with Crippen molar-refractivity contribution in [3.8, 4) is 0 Å². The molecule has 2 N–H and O–H groups in total. The van der Waals surface area contributed by atoms with Gasteiger partial charge in [-0.25, -0.2) is 0 Å². The molecular weight excluding hydrogens is 226 g/mol. The summed E-state index contributed by atoms with van der Waals surface area (Å²) in [5, 5.41) is 4.19. The van der Waals surface area contributed by atoms with Gasteiger partial charge in [0.05, 0.1) is 6.04 Å². The monoisotopic (exact) mass is 249 g/mol. The van der Waals surface area contributed by atoms with Crippen molar-refractivity contribution in [1.29, 1.82) is 0 Å². The molecule has 2 aliphatic carbocycles. The van der Waals surface area contributed by atoms with Gasteiger partial charge in [-0.2, -0.15) is 4.98 Å². The number of hydrogen-bond acceptors (Lipinski definition) is 4. The highest BCUT2D eigenvalue weighted by molar-refractivity contribution is 5.07. The lowest BCUT2D eigenvalue weighted by Gasteiger charge is -2.17. The molecule has 1 heterocycles. The maximum Gasteiger partial charge on any atom is 0.243 e. The number of fused-ring (bicyclic) bond motifs is 2. The zero-order valence-electron chi connectivity index (χ0n) is 11.3. The predicted octanol–water partition coefficient (Wildman–Crippen LogP) is 3.02. The highest BCUT2D eigenvalue weighted by atomic mass is 16.5. The van der Waals surface area contributed by atoms with Crippen LogP contribution >= 0.6 is 0 Å². The van der Waals surface area contributed by atoms with E-state index in [4.69, 9.17) is 10.3 Å². The standard InChI is InChI=1S/C14H23N3O/c1-3-8(2)12(15)14-16-13(17-18-14)11-7-9-4-5-10(11)6-9/h8-12H,3-7,15H2,1-2H3. The topological polar surface area (TPSA) is 64.9 Å². The number of aromatic nitrogens is 2. The molecule has 4 heteroatoms. The lowest BCUT2D eigenvalue weighted by Crippen LogP contribution is -2.19. The Morgan fingerprint density at radius 1 is 1.39 bits per heavy atom. The molecular formula is C14H23N3O. The second-order valence-electron chi connectivity index (χ2n) is 6.18. The molecule has 0 aliphatic heterocycles. The lowest BCUT2D eigenvalue weighted by atomic mass is 9.88. The first kappa shape index (κ1) is 12.2. The fourth-order valence-electron chi connectivity index (χ4n) is 3.59. The minimum absolute atomic E-state index is 0.116. The number of rotatable bonds is 4. The van der Waals surface area contributed by atoms with E-state index in [2.05, 4.69) is 24.0 Å². The average Bonchev–Trinajstić information content (AvgIpc) is 3.10. The van der Waals surface area contributed by atoms with E-state index in [1.807, 2.05) is 0 Å². The van der Waals surface area contributed by atoms with E-state index in [1.54, 1.807) is 0 Å². The summed E-state index contributed by atoms with van der Waals surface area (Å²) in [4.78, 5) is 4.58. The van der Waals surface area contributed by atoms with Gasteiger partial charge in [0.1, 0.15) is 0 Å². The molecule has 2 fully saturated rings. The van der Waals surface area contributed by atoms with E-state index < -0.39 is 0 Å². The summed E-state index contributed by atoms with van der Waals surface area (Å²) in [5.41, 5.74) is 6.14. The highest BCUT2D eigenvalue weighted by Gasteiger charge is 2.42. The van der Waals surface area contributed by atoms with E-state index in [-0.39, 0.29) is 6.04 Å². The average molecular weight is 249 g/mol. The Hall–Kier alpha value is -0.900. The third-order valence-electron chi connectivity index (χ3n) is 5.07. The predicted molar refractivity (Wildman–Crippen MR) is 68.9 cm³/mol. The Labute approximate surface area is 108 Å². The van der Waals surface area contributed by atoms with Crippen molar-refractivity contribution in [2.45, 2.75) is 57.9 Å². The molecule has 3 rings (SSSR count). The Morgan fingerprint density at radius 2 is 2.22 bits per heavy atom. The quantitative estimate of drug-likeness (QED) is 0.890. The smallest absolute Gasteiger partial charge is 0.243 e. The molecule has 1 aromatic rings. The molecule has 1 aromatic heterocycles. The first-order chi connectivity index (χ1) is 8.69. The van der Waals surface area contributed by atoms with Gasteiger partial charge >= 0.3 is 0 Å². The fourth-order valence-corrected chi connectivity index (χ4v) is 3.59. The first-order valence-electron chi connectivity index (χ1n) is 7.28. The van der Waals surface area contributed by atoms with Gasteiger partial charge in [0.25, 0.3) is 0 Å². The summed E-state index contributed by atoms with van der Waals surface area (Å²) in [6.45, 7) is 4.27. The third-order valence-corrected chi connectivity index (χ3v) is 5.07. The van der Waals surface area contributed by atoms with Gasteiger partial charge in [0.15, 0.2) is 5.82 Å². The Kier molecular flexibility index (Phi) is 3.14. The van der Waals surface area contributed by atoms with E-state index in [0.717, 1.165) is 24.1 Å². The molecule has 0 spiro atoms. The Balaban J connectivity index is 1.74. The molecule has 100 valence electrons. The van der Waals surface area contributed by atoms with Gasteiger partial charge in [0, 0.05) is 5.92 Å². The number of nitrogens with two attached hydrogens (primary N) is 1. The van der Waals surface area contributed by atoms with Crippen molar-refractivity contribution in [2.75, 3.05) is 0 Å². The molecule has 0 radical (unpaired) electrons. The van der Waals surface area contributed by atoms with Gasteiger partial charge in [-0.15, -0.1) is 0 Å². The third kappa shape index (κ3) is 1.96. The summed E-state index contributed by atoms with van der Waals surface area (Å²) in [5.74, 6) is 4.16. The molecule has 5 atom stereocenters. The van der Waals surface area contributed by atoms with Crippen LogP contribution in [-0.4, -0.2) is 10.1 Å². The minimum Gasteiger partial charge on any atom is -0.338 e. The van der Waals surface area contributed by atoms with Crippen LogP contribution in [-0.2, 0) is 0 Å². The largest absolute Gasteiger partial charge is 0.338 e. The minimum atomic E-state index is -0.116. The second kappa shape index (κ2) is 4.65. The van der Waals surface area contributed by atoms with Crippen LogP contribution in [0, 0.1) is 17.8 Å². The van der Waals surface area contributed by atoms with Gasteiger partial charge in [-0.1, -0.05) is 31.8 Å². The maximum atomic E-state index is 6.14. The second-order valence-corrected chi connectivity index (χ2v) is 6.18. The summed E-state index contributed by atoms with van der Waals surface area (Å²) >= 11 is 0. The van der Waals surface area contributed by atoms with Crippen LogP contribution in [0.15, 0.2) is 4.52 Å². The van der Waals surface area contributed by atoms with Crippen LogP contribution in [0.25, 0.3) is 0 Å². The Bertz CT molecular complexity index is 417. The summed E-state index contributed by atoms with van der Waals surface area (Å²) in [6.07, 6.45) is 6.40. The van der Waals surface area contributed by atoms with Gasteiger partial charge in [0.2, 0.25) is 5.89 Å². The molecule has 2 aliphatic rings. The Morgan fingerprint density at radius 3 is 2.83 bits per heavy atom. The highest BCUT2D eigenvalue weighted by Crippen LogP contribution is 2.52. The van der Waals surface area contributed by atoms with Crippen LogP contribution in [0.4, 0.5) is 0 Å². The van der Waals surface area contributed by atoms with Crippen LogP contribution in [0.3, 0.4) is 0 Å². The van der Waals surface area contributed by atoms with Gasteiger partial charge in [-0.3, -0.25) is 0 Å². The SMILES string of the molecule is CCC(C)C(N)c1nc(C2CC3CCC2C3)no1. The van der Waals surface area contributed by atoms with E-state index in [1.165, 1.54) is 25.7 Å². The van der Waals surface area contributed by atoms with Crippen molar-refractivity contribution >= 4 is 0 Å². The van der Waals surface area contributed by atoms with Crippen molar-refractivity contribution < 1.29 is 4.52 Å². The van der Waals surface area contributed by atoms with Crippen molar-refractivity contribution in [3.05, 3.63) is 11.7 Å². The van der Waals surface area contributed by atoms with E-state index in [0.29, 0.717) is 17.7 Å². The summed E-state index contributed by atoms with van der Waals surface area (Å²) < 4.78 is 5.38. The van der Waals surface area contributed by atoms with Crippen LogP contribution in [0.1, 0.15) is 69.6 Å².